The number of carbonyl (C=O) groups is 1. The highest BCUT2D eigenvalue weighted by Gasteiger charge is 2.04. The van der Waals surface area contributed by atoms with E-state index < -0.39 is 0 Å². The summed E-state index contributed by atoms with van der Waals surface area (Å²) in [5.41, 5.74) is 1.59. The molecule has 0 fully saturated rings. The van der Waals surface area contributed by atoms with Crippen molar-refractivity contribution >= 4 is 50.9 Å². The highest BCUT2D eigenvalue weighted by molar-refractivity contribution is 9.10. The summed E-state index contributed by atoms with van der Waals surface area (Å²) in [6.07, 6.45) is 3.07. The van der Waals surface area contributed by atoms with Crippen molar-refractivity contribution in [1.29, 1.82) is 0 Å². The Kier molecular flexibility index (Phi) is 6.97. The number of hydrogen-bond donors (Lipinski definition) is 2. The minimum atomic E-state index is -0.329. The number of hydrogen-bond acceptors (Lipinski definition) is 4. The molecule has 0 bridgehead atoms. The highest BCUT2D eigenvalue weighted by atomic mass is 79.9. The quantitative estimate of drug-likeness (QED) is 0.565. The Labute approximate surface area is 160 Å². The molecule has 0 unspecified atom stereocenters. The Morgan fingerprint density at radius 2 is 1.76 bits per heavy atom. The molecular weight excluding hydrogens is 404 g/mol. The Hall–Kier alpha value is -2.38. The lowest BCUT2D eigenvalue weighted by Gasteiger charge is -2.08. The Bertz CT molecular complexity index is 791. The van der Waals surface area contributed by atoms with E-state index in [1.165, 1.54) is 6.08 Å². The van der Waals surface area contributed by atoms with Crippen molar-refractivity contribution in [2.24, 2.45) is 0 Å². The number of ether oxygens (including phenoxy) is 2. The minimum absolute atomic E-state index is 0.226. The van der Waals surface area contributed by atoms with Crippen molar-refractivity contribution in [3.05, 3.63) is 58.6 Å². The van der Waals surface area contributed by atoms with Gasteiger partial charge in [-0.1, -0.05) is 22.0 Å². The van der Waals surface area contributed by atoms with E-state index in [9.17, 15) is 4.79 Å². The van der Waals surface area contributed by atoms with Crippen LogP contribution in [0.15, 0.2) is 53.0 Å². The predicted octanol–water partition coefficient (Wildman–Crippen LogP) is 3.99. The average Bonchev–Trinajstić information content (AvgIpc) is 2.61. The van der Waals surface area contributed by atoms with Crippen LogP contribution < -0.4 is 20.1 Å². The van der Waals surface area contributed by atoms with Crippen LogP contribution in [-0.2, 0) is 4.79 Å². The standard InChI is InChI=1S/C18H17BrN2O3S/c1-23-15-9-3-12(11-16(15)24-2)4-10-17(22)21-18(25)20-14-7-5-13(19)6-8-14/h3-11H,1-2H3,(H2,20,21,22,25)/b10-4+. The lowest BCUT2D eigenvalue weighted by atomic mass is 10.2. The van der Waals surface area contributed by atoms with Gasteiger partial charge in [0.1, 0.15) is 0 Å². The van der Waals surface area contributed by atoms with Gasteiger partial charge in [0, 0.05) is 16.2 Å². The molecule has 2 aromatic rings. The van der Waals surface area contributed by atoms with Crippen molar-refractivity contribution in [3.8, 4) is 11.5 Å². The van der Waals surface area contributed by atoms with Crippen molar-refractivity contribution in [2.75, 3.05) is 19.5 Å². The summed E-state index contributed by atoms with van der Waals surface area (Å²) in [5.74, 6) is 0.894. The summed E-state index contributed by atoms with van der Waals surface area (Å²) < 4.78 is 11.4. The van der Waals surface area contributed by atoms with Crippen LogP contribution in [0.1, 0.15) is 5.56 Å². The number of methoxy groups -OCH3 is 2. The number of nitrogens with one attached hydrogen (secondary N) is 2. The second kappa shape index (κ2) is 9.19. The van der Waals surface area contributed by atoms with Gasteiger partial charge in [-0.2, -0.15) is 0 Å². The van der Waals surface area contributed by atoms with Gasteiger partial charge in [0.15, 0.2) is 16.6 Å². The minimum Gasteiger partial charge on any atom is -0.493 e. The smallest absolute Gasteiger partial charge is 0.250 e. The molecule has 0 heterocycles. The van der Waals surface area contributed by atoms with Gasteiger partial charge < -0.3 is 14.8 Å². The number of anilines is 1. The van der Waals surface area contributed by atoms with Crippen molar-refractivity contribution in [2.45, 2.75) is 0 Å². The molecule has 25 heavy (non-hydrogen) atoms. The topological polar surface area (TPSA) is 59.6 Å². The molecule has 2 aromatic carbocycles. The maximum Gasteiger partial charge on any atom is 0.250 e. The second-order valence-electron chi connectivity index (χ2n) is 4.90. The molecule has 130 valence electrons. The average molecular weight is 421 g/mol. The van der Waals surface area contributed by atoms with E-state index in [-0.39, 0.29) is 11.0 Å². The fraction of sp³-hybridized carbons (Fsp3) is 0.111. The van der Waals surface area contributed by atoms with E-state index >= 15 is 0 Å². The molecule has 0 saturated heterocycles. The van der Waals surface area contributed by atoms with Crippen LogP contribution in [0.3, 0.4) is 0 Å². The monoisotopic (exact) mass is 420 g/mol. The number of benzene rings is 2. The second-order valence-corrected chi connectivity index (χ2v) is 6.22. The number of rotatable bonds is 5. The zero-order valence-electron chi connectivity index (χ0n) is 13.7. The molecule has 0 radical (unpaired) electrons. The van der Waals surface area contributed by atoms with Gasteiger partial charge in [0.2, 0.25) is 5.91 Å². The third kappa shape index (κ3) is 5.88. The first-order chi connectivity index (χ1) is 12.0. The van der Waals surface area contributed by atoms with Gasteiger partial charge in [-0.3, -0.25) is 10.1 Å². The van der Waals surface area contributed by atoms with Crippen LogP contribution in [-0.4, -0.2) is 25.2 Å². The summed E-state index contributed by atoms with van der Waals surface area (Å²) in [4.78, 5) is 12.0. The van der Waals surface area contributed by atoms with Crippen LogP contribution >= 0.6 is 28.1 Å². The van der Waals surface area contributed by atoms with Crippen LogP contribution in [0, 0.1) is 0 Å². The molecule has 0 aliphatic carbocycles. The highest BCUT2D eigenvalue weighted by Crippen LogP contribution is 2.27. The fourth-order valence-corrected chi connectivity index (χ4v) is 2.46. The third-order valence-electron chi connectivity index (χ3n) is 3.17. The summed E-state index contributed by atoms with van der Waals surface area (Å²) in [6.45, 7) is 0. The van der Waals surface area contributed by atoms with Gasteiger partial charge in [-0.25, -0.2) is 0 Å². The normalized spacial score (nSPS) is 10.4. The molecule has 2 rings (SSSR count). The molecule has 1 amide bonds. The van der Waals surface area contributed by atoms with E-state index in [4.69, 9.17) is 21.7 Å². The summed E-state index contributed by atoms with van der Waals surface area (Å²) in [5, 5.41) is 5.76. The van der Waals surface area contributed by atoms with Gasteiger partial charge in [-0.05, 0) is 60.3 Å². The van der Waals surface area contributed by atoms with Crippen LogP contribution in [0.4, 0.5) is 5.69 Å². The van der Waals surface area contributed by atoms with Gasteiger partial charge >= 0.3 is 0 Å². The number of halogens is 1. The molecule has 0 aliphatic rings. The lowest BCUT2D eigenvalue weighted by molar-refractivity contribution is -0.115. The molecular formula is C18H17BrN2O3S. The molecule has 0 aliphatic heterocycles. The molecule has 0 saturated carbocycles. The zero-order chi connectivity index (χ0) is 18.2. The molecule has 7 heteroatoms. The van der Waals surface area contributed by atoms with Crippen molar-refractivity contribution in [1.82, 2.24) is 5.32 Å². The zero-order valence-corrected chi connectivity index (χ0v) is 16.1. The maximum atomic E-state index is 12.0. The van der Waals surface area contributed by atoms with Crippen molar-refractivity contribution < 1.29 is 14.3 Å². The Morgan fingerprint density at radius 1 is 1.08 bits per heavy atom. The first kappa shape index (κ1) is 19.0. The van der Waals surface area contributed by atoms with Crippen molar-refractivity contribution in [3.63, 3.8) is 0 Å². The number of thiocarbonyl (C=S) groups is 1. The molecule has 2 N–H and O–H groups in total. The molecule has 0 aromatic heterocycles. The fourth-order valence-electron chi connectivity index (χ4n) is 1.98. The summed E-state index contributed by atoms with van der Waals surface area (Å²) in [6, 6.07) is 12.8. The van der Waals surface area contributed by atoms with E-state index in [1.54, 1.807) is 32.4 Å². The van der Waals surface area contributed by atoms with Crippen LogP contribution in [0.25, 0.3) is 6.08 Å². The van der Waals surface area contributed by atoms with E-state index in [0.29, 0.717) is 11.5 Å². The van der Waals surface area contributed by atoms with Gasteiger partial charge in [-0.15, -0.1) is 0 Å². The molecule has 0 spiro atoms. The largest absolute Gasteiger partial charge is 0.493 e. The van der Waals surface area contributed by atoms with Crippen LogP contribution in [0.5, 0.6) is 11.5 Å². The van der Waals surface area contributed by atoms with Gasteiger partial charge in [0.25, 0.3) is 0 Å². The Balaban J connectivity index is 1.93. The van der Waals surface area contributed by atoms with E-state index in [2.05, 4.69) is 26.6 Å². The maximum absolute atomic E-state index is 12.0. The number of carbonyl (C=O) groups excluding carboxylic acids is 1. The third-order valence-corrected chi connectivity index (χ3v) is 3.91. The lowest BCUT2D eigenvalue weighted by Crippen LogP contribution is -2.32. The molecule has 0 atom stereocenters. The summed E-state index contributed by atoms with van der Waals surface area (Å²) >= 11 is 8.48. The predicted molar refractivity (Wildman–Crippen MR) is 107 cm³/mol. The van der Waals surface area contributed by atoms with Crippen LogP contribution in [0.2, 0.25) is 0 Å². The SMILES string of the molecule is COc1ccc(/C=C/C(=O)NC(=S)Nc2ccc(Br)cc2)cc1OC. The number of amides is 1. The summed E-state index contributed by atoms with van der Waals surface area (Å²) in [7, 11) is 3.13. The first-order valence-electron chi connectivity index (χ1n) is 7.29. The van der Waals surface area contributed by atoms with Gasteiger partial charge in [0.05, 0.1) is 14.2 Å². The first-order valence-corrected chi connectivity index (χ1v) is 8.49. The Morgan fingerprint density at radius 3 is 2.40 bits per heavy atom. The van der Waals surface area contributed by atoms with E-state index in [0.717, 1.165) is 15.7 Å². The van der Waals surface area contributed by atoms with E-state index in [1.807, 2.05) is 30.3 Å². The molecule has 5 nitrogen and oxygen atoms in total.